The minimum Gasteiger partial charge on any atom is -0.452 e. The lowest BCUT2D eigenvalue weighted by Gasteiger charge is -2.34. The van der Waals surface area contributed by atoms with Crippen LogP contribution in [0.25, 0.3) is 0 Å². The van der Waals surface area contributed by atoms with Crippen molar-refractivity contribution in [1.82, 2.24) is 4.31 Å². The van der Waals surface area contributed by atoms with Crippen LogP contribution < -0.4 is 4.90 Å². The van der Waals surface area contributed by atoms with Crippen molar-refractivity contribution in [2.45, 2.75) is 30.1 Å². The van der Waals surface area contributed by atoms with Gasteiger partial charge in [-0.1, -0.05) is 26.0 Å². The van der Waals surface area contributed by atoms with Crippen molar-refractivity contribution >= 4 is 39.3 Å². The molecule has 176 valence electrons. The maximum atomic E-state index is 13.0. The van der Waals surface area contributed by atoms with Crippen LogP contribution in [0.1, 0.15) is 30.6 Å². The average Bonchev–Trinajstić information content (AvgIpc) is 2.81. The molecule has 2 heterocycles. The molecule has 2 unspecified atom stereocenters. The quantitative estimate of drug-likeness (QED) is 0.598. The number of rotatable bonds is 5. The molecule has 2 aliphatic rings. The molecular formula is C24H28N2O5S2. The molecular weight excluding hydrogens is 460 g/mol. The van der Waals surface area contributed by atoms with Crippen molar-refractivity contribution in [3.63, 3.8) is 0 Å². The number of piperidine rings is 1. The highest BCUT2D eigenvalue weighted by atomic mass is 32.2. The lowest BCUT2D eigenvalue weighted by Crippen LogP contribution is -2.42. The first-order chi connectivity index (χ1) is 15.8. The summed E-state index contributed by atoms with van der Waals surface area (Å²) in [5.41, 5.74) is 1.03. The third-order valence-electron chi connectivity index (χ3n) is 5.92. The predicted octanol–water partition coefficient (Wildman–Crippen LogP) is 3.65. The van der Waals surface area contributed by atoms with Crippen LogP contribution in [0.3, 0.4) is 0 Å². The van der Waals surface area contributed by atoms with Crippen molar-refractivity contribution in [3.8, 4) is 0 Å². The van der Waals surface area contributed by atoms with E-state index in [2.05, 4.69) is 13.8 Å². The van der Waals surface area contributed by atoms with E-state index < -0.39 is 16.0 Å². The van der Waals surface area contributed by atoms with Gasteiger partial charge in [-0.15, -0.1) is 11.8 Å². The molecule has 4 rings (SSSR count). The van der Waals surface area contributed by atoms with E-state index in [0.717, 1.165) is 22.8 Å². The largest absolute Gasteiger partial charge is 0.452 e. The molecule has 33 heavy (non-hydrogen) atoms. The number of anilines is 1. The Hall–Kier alpha value is -2.36. The lowest BCUT2D eigenvalue weighted by molar-refractivity contribution is -0.121. The first-order valence-electron chi connectivity index (χ1n) is 11.0. The molecule has 1 amide bonds. The first kappa shape index (κ1) is 23.8. The zero-order chi connectivity index (χ0) is 23.6. The average molecular weight is 489 g/mol. The van der Waals surface area contributed by atoms with Gasteiger partial charge in [-0.05, 0) is 54.7 Å². The SMILES string of the molecule is CC1CC(C)CN(S(=O)(=O)c2ccc(C(=O)OCC(=O)N3CCSc4ccccc43)cc2)C1. The molecule has 9 heteroatoms. The molecule has 0 bridgehead atoms. The number of hydrogen-bond donors (Lipinski definition) is 0. The van der Waals surface area contributed by atoms with Gasteiger partial charge >= 0.3 is 5.97 Å². The zero-order valence-corrected chi connectivity index (χ0v) is 20.4. The van der Waals surface area contributed by atoms with Gasteiger partial charge in [0, 0.05) is 30.3 Å². The van der Waals surface area contributed by atoms with Crippen LogP contribution in [-0.2, 0) is 19.6 Å². The third kappa shape index (κ3) is 5.26. The van der Waals surface area contributed by atoms with Crippen LogP contribution in [0.4, 0.5) is 5.69 Å². The second-order valence-corrected chi connectivity index (χ2v) is 11.8. The number of carbonyl (C=O) groups excluding carboxylic acids is 2. The van der Waals surface area contributed by atoms with E-state index in [0.29, 0.717) is 31.5 Å². The fourth-order valence-electron chi connectivity index (χ4n) is 4.43. The summed E-state index contributed by atoms with van der Waals surface area (Å²) in [5.74, 6) is 0.443. The number of benzene rings is 2. The molecule has 0 radical (unpaired) electrons. The molecule has 1 fully saturated rings. The number of sulfonamides is 1. The normalized spacial score (nSPS) is 21.3. The Kier molecular flexibility index (Phi) is 7.11. The van der Waals surface area contributed by atoms with Crippen LogP contribution in [0.5, 0.6) is 0 Å². The van der Waals surface area contributed by atoms with Gasteiger partial charge < -0.3 is 9.64 Å². The summed E-state index contributed by atoms with van der Waals surface area (Å²) in [6.07, 6.45) is 1.01. The summed E-state index contributed by atoms with van der Waals surface area (Å²) < 4.78 is 32.8. The summed E-state index contributed by atoms with van der Waals surface area (Å²) in [5, 5.41) is 0. The Morgan fingerprint density at radius 1 is 1.03 bits per heavy atom. The molecule has 0 aliphatic carbocycles. The second kappa shape index (κ2) is 9.87. The Morgan fingerprint density at radius 2 is 1.70 bits per heavy atom. The van der Waals surface area contributed by atoms with Gasteiger partial charge in [-0.2, -0.15) is 4.31 Å². The van der Waals surface area contributed by atoms with Crippen molar-refractivity contribution < 1.29 is 22.7 Å². The van der Waals surface area contributed by atoms with Crippen molar-refractivity contribution in [3.05, 3.63) is 54.1 Å². The number of amides is 1. The van der Waals surface area contributed by atoms with Crippen LogP contribution >= 0.6 is 11.8 Å². The molecule has 0 spiro atoms. The highest BCUT2D eigenvalue weighted by Gasteiger charge is 2.32. The van der Waals surface area contributed by atoms with Crippen LogP contribution in [-0.4, -0.2) is 56.6 Å². The number of esters is 1. The number of thioether (sulfide) groups is 1. The van der Waals surface area contributed by atoms with E-state index in [1.54, 1.807) is 16.7 Å². The smallest absolute Gasteiger partial charge is 0.338 e. The van der Waals surface area contributed by atoms with Crippen molar-refractivity contribution in [1.29, 1.82) is 0 Å². The van der Waals surface area contributed by atoms with Crippen molar-refractivity contribution in [2.75, 3.05) is 36.9 Å². The van der Waals surface area contributed by atoms with Gasteiger partial charge in [0.2, 0.25) is 10.0 Å². The van der Waals surface area contributed by atoms with Crippen molar-refractivity contribution in [2.24, 2.45) is 11.8 Å². The molecule has 0 saturated carbocycles. The standard InChI is InChI=1S/C24H28N2O5S2/c1-17-13-18(2)15-25(14-17)33(29,30)20-9-7-19(8-10-20)24(28)31-16-23(27)26-11-12-32-22-6-4-3-5-21(22)26/h3-10,17-18H,11-16H2,1-2H3. The summed E-state index contributed by atoms with van der Waals surface area (Å²) in [7, 11) is -3.62. The molecule has 0 N–H and O–H groups in total. The maximum absolute atomic E-state index is 13.0. The Morgan fingerprint density at radius 3 is 2.39 bits per heavy atom. The third-order valence-corrected chi connectivity index (χ3v) is 8.81. The molecule has 7 nitrogen and oxygen atoms in total. The summed E-state index contributed by atoms with van der Waals surface area (Å²) in [6.45, 7) is 5.28. The van der Waals surface area contributed by atoms with E-state index in [4.69, 9.17) is 4.74 Å². The highest BCUT2D eigenvalue weighted by molar-refractivity contribution is 7.99. The molecule has 0 aromatic heterocycles. The van der Waals surface area contributed by atoms with Crippen LogP contribution in [0.15, 0.2) is 58.3 Å². The summed E-state index contributed by atoms with van der Waals surface area (Å²) >= 11 is 1.69. The number of ether oxygens (including phenoxy) is 1. The Balaban J connectivity index is 1.38. The number of para-hydroxylation sites is 1. The Labute approximate surface area is 199 Å². The summed E-state index contributed by atoms with van der Waals surface area (Å²) in [4.78, 5) is 27.9. The number of carbonyl (C=O) groups is 2. The monoisotopic (exact) mass is 488 g/mol. The number of nitrogens with zero attached hydrogens (tertiary/aromatic N) is 2. The molecule has 2 atom stereocenters. The van der Waals surface area contributed by atoms with E-state index in [-0.39, 0.29) is 23.0 Å². The molecule has 2 aromatic rings. The van der Waals surface area contributed by atoms with Gasteiger partial charge in [0.1, 0.15) is 0 Å². The van der Waals surface area contributed by atoms with E-state index in [9.17, 15) is 18.0 Å². The van der Waals surface area contributed by atoms with Crippen LogP contribution in [0, 0.1) is 11.8 Å². The van der Waals surface area contributed by atoms with E-state index in [1.807, 2.05) is 24.3 Å². The minimum atomic E-state index is -3.62. The minimum absolute atomic E-state index is 0.152. The molecule has 2 aliphatic heterocycles. The maximum Gasteiger partial charge on any atom is 0.338 e. The second-order valence-electron chi connectivity index (χ2n) is 8.73. The lowest BCUT2D eigenvalue weighted by atomic mass is 9.94. The first-order valence-corrected chi connectivity index (χ1v) is 13.5. The fourth-order valence-corrected chi connectivity index (χ4v) is 7.11. The topological polar surface area (TPSA) is 84.0 Å². The van der Waals surface area contributed by atoms with Crippen LogP contribution in [0.2, 0.25) is 0 Å². The molecule has 2 aromatic carbocycles. The van der Waals surface area contributed by atoms with Gasteiger partial charge in [0.05, 0.1) is 16.1 Å². The number of hydrogen-bond acceptors (Lipinski definition) is 6. The summed E-state index contributed by atoms with van der Waals surface area (Å²) in [6, 6.07) is 13.4. The Bertz CT molecular complexity index is 1120. The number of fused-ring (bicyclic) bond motifs is 1. The van der Waals surface area contributed by atoms with E-state index >= 15 is 0 Å². The van der Waals surface area contributed by atoms with Gasteiger partial charge in [-0.25, -0.2) is 13.2 Å². The van der Waals surface area contributed by atoms with E-state index in [1.165, 1.54) is 28.6 Å². The zero-order valence-electron chi connectivity index (χ0n) is 18.8. The van der Waals surface area contributed by atoms with Gasteiger partial charge in [-0.3, -0.25) is 4.79 Å². The molecule has 1 saturated heterocycles. The van der Waals surface area contributed by atoms with Gasteiger partial charge in [0.25, 0.3) is 5.91 Å². The predicted molar refractivity (Wildman–Crippen MR) is 128 cm³/mol. The highest BCUT2D eigenvalue weighted by Crippen LogP contribution is 2.34. The fraction of sp³-hybridized carbons (Fsp3) is 0.417. The van der Waals surface area contributed by atoms with Gasteiger partial charge in [0.15, 0.2) is 6.61 Å².